The van der Waals surface area contributed by atoms with E-state index in [1.807, 2.05) is 11.8 Å². The highest BCUT2D eigenvalue weighted by Gasteiger charge is 2.28. The highest BCUT2D eigenvalue weighted by Crippen LogP contribution is 2.35. The van der Waals surface area contributed by atoms with Crippen molar-refractivity contribution >= 4 is 23.0 Å². The molecule has 0 radical (unpaired) electrons. The monoisotopic (exact) mass is 329 g/mol. The topological polar surface area (TPSA) is 93.4 Å². The Morgan fingerprint density at radius 2 is 1.96 bits per heavy atom. The summed E-state index contributed by atoms with van der Waals surface area (Å²) in [6.07, 6.45) is 3.39. The lowest BCUT2D eigenvalue weighted by Crippen LogP contribution is -2.21. The zero-order valence-corrected chi connectivity index (χ0v) is 13.4. The van der Waals surface area contributed by atoms with Crippen LogP contribution in [0.25, 0.3) is 0 Å². The van der Waals surface area contributed by atoms with Gasteiger partial charge in [-0.05, 0) is 44.0 Å². The van der Waals surface area contributed by atoms with Gasteiger partial charge in [0.1, 0.15) is 12.1 Å². The van der Waals surface area contributed by atoms with Crippen LogP contribution in [0.5, 0.6) is 5.75 Å². The van der Waals surface area contributed by atoms with E-state index >= 15 is 0 Å². The zero-order chi connectivity index (χ0) is 16.9. The summed E-state index contributed by atoms with van der Waals surface area (Å²) in [4.78, 5) is 21.3. The Labute approximate surface area is 139 Å². The highest BCUT2D eigenvalue weighted by molar-refractivity contribution is 5.74. The summed E-state index contributed by atoms with van der Waals surface area (Å²) in [6.45, 7) is 4.06. The van der Waals surface area contributed by atoms with Crippen LogP contribution < -0.4 is 15.0 Å². The van der Waals surface area contributed by atoms with Gasteiger partial charge in [-0.15, -0.1) is 0 Å². The van der Waals surface area contributed by atoms with Crippen molar-refractivity contribution in [3.8, 4) is 5.75 Å². The normalized spacial score (nSPS) is 13.8. The fraction of sp³-hybridized carbons (Fsp3) is 0.375. The first-order chi connectivity index (χ1) is 11.7. The zero-order valence-electron chi connectivity index (χ0n) is 13.4. The SMILES string of the molecule is CCOc1ccc(Nc2ncnc(N3CCCC3)c2[N+](=O)[O-])cc1. The number of ether oxygens (including phenoxy) is 1. The third-order valence-corrected chi connectivity index (χ3v) is 3.82. The second-order valence-corrected chi connectivity index (χ2v) is 5.43. The first-order valence-electron chi connectivity index (χ1n) is 7.93. The van der Waals surface area contributed by atoms with E-state index in [1.54, 1.807) is 24.3 Å². The maximum Gasteiger partial charge on any atom is 0.353 e. The van der Waals surface area contributed by atoms with Gasteiger partial charge < -0.3 is 15.0 Å². The molecule has 0 bridgehead atoms. The Kier molecular flexibility index (Phi) is 4.74. The van der Waals surface area contributed by atoms with Crippen molar-refractivity contribution in [1.29, 1.82) is 0 Å². The standard InChI is InChI=1S/C16H19N5O3/c1-2-24-13-7-5-12(6-8-13)19-15-14(21(22)23)16(18-11-17-15)20-9-3-4-10-20/h5-8,11H,2-4,9-10H2,1H3,(H,17,18,19). The van der Waals surface area contributed by atoms with E-state index < -0.39 is 4.92 Å². The Bertz CT molecular complexity index is 714. The largest absolute Gasteiger partial charge is 0.494 e. The van der Waals surface area contributed by atoms with Gasteiger partial charge in [0.05, 0.1) is 11.5 Å². The first-order valence-corrected chi connectivity index (χ1v) is 7.93. The summed E-state index contributed by atoms with van der Waals surface area (Å²) in [6, 6.07) is 7.21. The van der Waals surface area contributed by atoms with Crippen molar-refractivity contribution in [1.82, 2.24) is 9.97 Å². The van der Waals surface area contributed by atoms with Crippen LogP contribution in [0.3, 0.4) is 0 Å². The van der Waals surface area contributed by atoms with Gasteiger partial charge in [0, 0.05) is 18.8 Å². The summed E-state index contributed by atoms with van der Waals surface area (Å²) in [5.74, 6) is 1.32. The van der Waals surface area contributed by atoms with E-state index in [0.29, 0.717) is 18.1 Å². The Morgan fingerprint density at radius 3 is 2.58 bits per heavy atom. The molecule has 0 atom stereocenters. The minimum atomic E-state index is -0.426. The van der Waals surface area contributed by atoms with Crippen LogP contribution in [0.2, 0.25) is 0 Å². The van der Waals surface area contributed by atoms with Gasteiger partial charge in [-0.25, -0.2) is 9.97 Å². The molecule has 1 saturated heterocycles. The second kappa shape index (κ2) is 7.12. The van der Waals surface area contributed by atoms with Crippen LogP contribution in [0.4, 0.5) is 23.0 Å². The summed E-state index contributed by atoms with van der Waals surface area (Å²) >= 11 is 0. The number of rotatable bonds is 6. The number of anilines is 3. The van der Waals surface area contributed by atoms with Crippen LogP contribution in [0.15, 0.2) is 30.6 Å². The van der Waals surface area contributed by atoms with E-state index in [4.69, 9.17) is 4.74 Å². The van der Waals surface area contributed by atoms with E-state index in [2.05, 4.69) is 15.3 Å². The molecule has 126 valence electrons. The maximum absolute atomic E-state index is 11.6. The quantitative estimate of drug-likeness (QED) is 0.642. The lowest BCUT2D eigenvalue weighted by Gasteiger charge is -2.17. The Hall–Kier alpha value is -2.90. The van der Waals surface area contributed by atoms with Gasteiger partial charge in [-0.3, -0.25) is 10.1 Å². The predicted molar refractivity (Wildman–Crippen MR) is 91.0 cm³/mol. The van der Waals surface area contributed by atoms with Crippen molar-refractivity contribution in [2.24, 2.45) is 0 Å². The molecule has 1 aliphatic rings. The van der Waals surface area contributed by atoms with Gasteiger partial charge in [0.25, 0.3) is 0 Å². The van der Waals surface area contributed by atoms with Crippen LogP contribution >= 0.6 is 0 Å². The summed E-state index contributed by atoms with van der Waals surface area (Å²) in [5, 5.41) is 14.6. The van der Waals surface area contributed by atoms with E-state index in [9.17, 15) is 10.1 Å². The lowest BCUT2D eigenvalue weighted by molar-refractivity contribution is -0.383. The van der Waals surface area contributed by atoms with Crippen molar-refractivity contribution in [2.45, 2.75) is 19.8 Å². The number of benzene rings is 1. The number of aromatic nitrogens is 2. The summed E-state index contributed by atoms with van der Waals surface area (Å²) < 4.78 is 5.39. The predicted octanol–water partition coefficient (Wildman–Crippen LogP) is 3.13. The highest BCUT2D eigenvalue weighted by atomic mass is 16.6. The van der Waals surface area contributed by atoms with Gasteiger partial charge >= 0.3 is 5.69 Å². The number of nitrogens with one attached hydrogen (secondary N) is 1. The molecule has 1 fully saturated rings. The average Bonchev–Trinajstić information content (AvgIpc) is 3.11. The van der Waals surface area contributed by atoms with Crippen LogP contribution in [-0.4, -0.2) is 34.6 Å². The fourth-order valence-corrected chi connectivity index (χ4v) is 2.73. The Balaban J connectivity index is 1.89. The van der Waals surface area contributed by atoms with Crippen molar-refractivity contribution in [3.05, 3.63) is 40.7 Å². The molecule has 3 rings (SSSR count). The molecular formula is C16H19N5O3. The molecule has 24 heavy (non-hydrogen) atoms. The van der Waals surface area contributed by atoms with Crippen molar-refractivity contribution in [2.75, 3.05) is 29.9 Å². The smallest absolute Gasteiger partial charge is 0.353 e. The Morgan fingerprint density at radius 1 is 1.25 bits per heavy atom. The van der Waals surface area contributed by atoms with Crippen molar-refractivity contribution < 1.29 is 9.66 Å². The molecule has 0 aliphatic carbocycles. The summed E-state index contributed by atoms with van der Waals surface area (Å²) in [5.41, 5.74) is 0.612. The molecule has 0 spiro atoms. The third kappa shape index (κ3) is 3.37. The molecule has 1 aromatic carbocycles. The lowest BCUT2D eigenvalue weighted by atomic mass is 10.3. The minimum absolute atomic E-state index is 0.0896. The minimum Gasteiger partial charge on any atom is -0.494 e. The van der Waals surface area contributed by atoms with Gasteiger partial charge in [-0.2, -0.15) is 0 Å². The molecule has 1 aromatic heterocycles. The van der Waals surface area contributed by atoms with Gasteiger partial charge in [0.2, 0.25) is 11.6 Å². The first kappa shape index (κ1) is 16.0. The number of nitrogens with zero attached hydrogens (tertiary/aromatic N) is 4. The van der Waals surface area contributed by atoms with E-state index in [-0.39, 0.29) is 11.5 Å². The fourth-order valence-electron chi connectivity index (χ4n) is 2.73. The molecule has 8 heteroatoms. The molecule has 0 unspecified atom stereocenters. The molecule has 1 aliphatic heterocycles. The average molecular weight is 329 g/mol. The third-order valence-electron chi connectivity index (χ3n) is 3.82. The number of hydrogen-bond donors (Lipinski definition) is 1. The molecule has 8 nitrogen and oxygen atoms in total. The molecular weight excluding hydrogens is 310 g/mol. The van der Waals surface area contributed by atoms with E-state index in [1.165, 1.54) is 6.33 Å². The molecule has 2 heterocycles. The van der Waals surface area contributed by atoms with E-state index in [0.717, 1.165) is 31.7 Å². The van der Waals surface area contributed by atoms with Gasteiger partial charge in [0.15, 0.2) is 0 Å². The van der Waals surface area contributed by atoms with Gasteiger partial charge in [-0.1, -0.05) is 0 Å². The maximum atomic E-state index is 11.6. The van der Waals surface area contributed by atoms with Crippen LogP contribution in [0.1, 0.15) is 19.8 Å². The van der Waals surface area contributed by atoms with Crippen LogP contribution in [0, 0.1) is 10.1 Å². The molecule has 0 saturated carbocycles. The molecule has 2 aromatic rings. The number of nitro groups is 1. The number of hydrogen-bond acceptors (Lipinski definition) is 7. The van der Waals surface area contributed by atoms with Crippen molar-refractivity contribution in [3.63, 3.8) is 0 Å². The summed E-state index contributed by atoms with van der Waals surface area (Å²) in [7, 11) is 0. The van der Waals surface area contributed by atoms with Crippen LogP contribution in [-0.2, 0) is 0 Å². The molecule has 0 amide bonds. The second-order valence-electron chi connectivity index (χ2n) is 5.43. The molecule has 1 N–H and O–H groups in total.